The van der Waals surface area contributed by atoms with Gasteiger partial charge in [-0.1, -0.05) is 32.1 Å². The van der Waals surface area contributed by atoms with Crippen molar-refractivity contribution in [2.45, 2.75) is 77.2 Å². The van der Waals surface area contributed by atoms with E-state index in [9.17, 15) is 13.2 Å². The Labute approximate surface area is 153 Å². The molecule has 3 rings (SSSR count). The summed E-state index contributed by atoms with van der Waals surface area (Å²) < 4.78 is 25.9. The standard InChI is InChI=1S/C19H34N2O3S/c1-2-25(23,24)20-12-6-10-17(15-20)19(22)21-13-7-11-18(21)14-16-8-4-3-5-9-16/h16-18H,2-15H2,1H3. The highest BCUT2D eigenvalue weighted by Gasteiger charge is 2.38. The lowest BCUT2D eigenvalue weighted by atomic mass is 9.84. The highest BCUT2D eigenvalue weighted by molar-refractivity contribution is 7.89. The van der Waals surface area contributed by atoms with Gasteiger partial charge in [-0.3, -0.25) is 4.79 Å². The van der Waals surface area contributed by atoms with Crippen LogP contribution in [0.4, 0.5) is 0 Å². The highest BCUT2D eigenvalue weighted by atomic mass is 32.2. The predicted molar refractivity (Wildman–Crippen MR) is 99.7 cm³/mol. The van der Waals surface area contributed by atoms with E-state index in [-0.39, 0.29) is 17.6 Å². The molecule has 2 atom stereocenters. The first-order valence-electron chi connectivity index (χ1n) is 10.3. The normalized spacial score (nSPS) is 29.9. The second-order valence-corrected chi connectivity index (χ2v) is 10.4. The fraction of sp³-hybridized carbons (Fsp3) is 0.947. The smallest absolute Gasteiger partial charge is 0.227 e. The lowest BCUT2D eigenvalue weighted by Gasteiger charge is -2.36. The van der Waals surface area contributed by atoms with E-state index in [4.69, 9.17) is 0 Å². The van der Waals surface area contributed by atoms with Gasteiger partial charge in [0, 0.05) is 25.7 Å². The van der Waals surface area contributed by atoms with Gasteiger partial charge in [0.25, 0.3) is 0 Å². The maximum absolute atomic E-state index is 13.1. The number of likely N-dealkylation sites (tertiary alicyclic amines) is 1. The van der Waals surface area contributed by atoms with Crippen molar-refractivity contribution in [3.63, 3.8) is 0 Å². The summed E-state index contributed by atoms with van der Waals surface area (Å²) in [6.45, 7) is 3.52. The van der Waals surface area contributed by atoms with Gasteiger partial charge in [-0.2, -0.15) is 0 Å². The summed E-state index contributed by atoms with van der Waals surface area (Å²) in [5.41, 5.74) is 0. The minimum Gasteiger partial charge on any atom is -0.339 e. The lowest BCUT2D eigenvalue weighted by Crippen LogP contribution is -2.48. The Balaban J connectivity index is 1.60. The van der Waals surface area contributed by atoms with Crippen LogP contribution in [-0.4, -0.2) is 55.0 Å². The molecule has 0 aromatic heterocycles. The molecule has 6 heteroatoms. The molecule has 3 fully saturated rings. The number of amides is 1. The third-order valence-electron chi connectivity index (χ3n) is 6.48. The van der Waals surface area contributed by atoms with Crippen LogP contribution < -0.4 is 0 Å². The summed E-state index contributed by atoms with van der Waals surface area (Å²) in [5.74, 6) is 0.994. The summed E-state index contributed by atoms with van der Waals surface area (Å²) in [5, 5.41) is 0. The van der Waals surface area contributed by atoms with Gasteiger partial charge < -0.3 is 4.90 Å². The Morgan fingerprint density at radius 2 is 1.68 bits per heavy atom. The van der Waals surface area contributed by atoms with E-state index >= 15 is 0 Å². The fourth-order valence-electron chi connectivity index (χ4n) is 4.99. The molecule has 5 nitrogen and oxygen atoms in total. The van der Waals surface area contributed by atoms with E-state index in [1.54, 1.807) is 11.2 Å². The molecule has 0 radical (unpaired) electrons. The van der Waals surface area contributed by atoms with Crippen LogP contribution in [0, 0.1) is 11.8 Å². The molecule has 0 spiro atoms. The second-order valence-electron chi connectivity index (χ2n) is 8.17. The van der Waals surface area contributed by atoms with Crippen molar-refractivity contribution in [1.82, 2.24) is 9.21 Å². The largest absolute Gasteiger partial charge is 0.339 e. The van der Waals surface area contributed by atoms with Gasteiger partial charge in [0.1, 0.15) is 0 Å². The van der Waals surface area contributed by atoms with Gasteiger partial charge in [0.05, 0.1) is 11.7 Å². The van der Waals surface area contributed by atoms with E-state index in [2.05, 4.69) is 4.90 Å². The average Bonchev–Trinajstić information content (AvgIpc) is 3.10. The molecular weight excluding hydrogens is 336 g/mol. The minimum atomic E-state index is -3.18. The quantitative estimate of drug-likeness (QED) is 0.747. The second kappa shape index (κ2) is 8.38. The maximum Gasteiger partial charge on any atom is 0.227 e. The minimum absolute atomic E-state index is 0.127. The molecule has 144 valence electrons. The monoisotopic (exact) mass is 370 g/mol. The number of hydrogen-bond donors (Lipinski definition) is 0. The zero-order valence-corrected chi connectivity index (χ0v) is 16.5. The van der Waals surface area contributed by atoms with Crippen molar-refractivity contribution in [2.75, 3.05) is 25.4 Å². The van der Waals surface area contributed by atoms with E-state index in [1.165, 1.54) is 32.1 Å². The number of rotatable bonds is 5. The number of hydrogen-bond acceptors (Lipinski definition) is 3. The van der Waals surface area contributed by atoms with Crippen molar-refractivity contribution in [1.29, 1.82) is 0 Å². The van der Waals surface area contributed by atoms with Crippen LogP contribution in [0.25, 0.3) is 0 Å². The molecule has 3 aliphatic rings. The van der Waals surface area contributed by atoms with E-state index in [0.717, 1.165) is 44.6 Å². The summed E-state index contributed by atoms with van der Waals surface area (Å²) >= 11 is 0. The zero-order valence-electron chi connectivity index (χ0n) is 15.7. The van der Waals surface area contributed by atoms with Crippen LogP contribution in [0.5, 0.6) is 0 Å². The van der Waals surface area contributed by atoms with Crippen LogP contribution in [0.15, 0.2) is 0 Å². The predicted octanol–water partition coefficient (Wildman–Crippen LogP) is 3.01. The number of piperidine rings is 1. The van der Waals surface area contributed by atoms with E-state index in [1.807, 2.05) is 0 Å². The molecule has 0 aromatic rings. The van der Waals surface area contributed by atoms with Crippen LogP contribution in [0.3, 0.4) is 0 Å². The molecule has 2 aliphatic heterocycles. The third kappa shape index (κ3) is 4.57. The van der Waals surface area contributed by atoms with Gasteiger partial charge in [-0.15, -0.1) is 0 Å². The average molecular weight is 371 g/mol. The molecule has 25 heavy (non-hydrogen) atoms. The lowest BCUT2D eigenvalue weighted by molar-refractivity contribution is -0.137. The topological polar surface area (TPSA) is 57.7 Å². The summed E-state index contributed by atoms with van der Waals surface area (Å²) in [6, 6.07) is 0.397. The Kier molecular flexibility index (Phi) is 6.42. The van der Waals surface area contributed by atoms with Crippen LogP contribution in [-0.2, 0) is 14.8 Å². The number of carbonyl (C=O) groups excluding carboxylic acids is 1. The molecule has 0 N–H and O–H groups in total. The molecule has 1 saturated carbocycles. The Morgan fingerprint density at radius 1 is 0.960 bits per heavy atom. The van der Waals surface area contributed by atoms with Gasteiger partial charge in [-0.05, 0) is 44.9 Å². The first kappa shape index (κ1) is 19.2. The summed E-state index contributed by atoms with van der Waals surface area (Å²) in [7, 11) is -3.18. The van der Waals surface area contributed by atoms with E-state index in [0.29, 0.717) is 19.1 Å². The first-order valence-corrected chi connectivity index (χ1v) is 11.9. The van der Waals surface area contributed by atoms with Gasteiger partial charge in [0.2, 0.25) is 15.9 Å². The maximum atomic E-state index is 13.1. The Hall–Kier alpha value is -0.620. The number of nitrogens with zero attached hydrogens (tertiary/aromatic N) is 2. The molecule has 2 heterocycles. The van der Waals surface area contributed by atoms with Crippen molar-refractivity contribution >= 4 is 15.9 Å². The van der Waals surface area contributed by atoms with E-state index < -0.39 is 10.0 Å². The van der Waals surface area contributed by atoms with Crippen LogP contribution in [0.1, 0.15) is 71.1 Å². The van der Waals surface area contributed by atoms with Gasteiger partial charge >= 0.3 is 0 Å². The number of sulfonamides is 1. The van der Waals surface area contributed by atoms with Crippen molar-refractivity contribution in [2.24, 2.45) is 11.8 Å². The zero-order chi connectivity index (χ0) is 17.9. The molecule has 2 saturated heterocycles. The highest BCUT2D eigenvalue weighted by Crippen LogP contribution is 2.33. The Morgan fingerprint density at radius 3 is 2.40 bits per heavy atom. The van der Waals surface area contributed by atoms with Gasteiger partial charge in [0.15, 0.2) is 0 Å². The molecular formula is C19H34N2O3S. The first-order chi connectivity index (χ1) is 12.0. The SMILES string of the molecule is CCS(=O)(=O)N1CCCC(C(=O)N2CCCC2CC2CCCCC2)C1. The summed E-state index contributed by atoms with van der Waals surface area (Å²) in [6.07, 6.45) is 11.7. The van der Waals surface area contributed by atoms with Crippen molar-refractivity contribution < 1.29 is 13.2 Å². The van der Waals surface area contributed by atoms with Crippen LogP contribution in [0.2, 0.25) is 0 Å². The molecule has 0 aromatic carbocycles. The summed E-state index contributed by atoms with van der Waals surface area (Å²) in [4.78, 5) is 15.2. The molecule has 0 bridgehead atoms. The molecule has 2 unspecified atom stereocenters. The third-order valence-corrected chi connectivity index (χ3v) is 8.33. The van der Waals surface area contributed by atoms with Crippen molar-refractivity contribution in [3.8, 4) is 0 Å². The number of carbonyl (C=O) groups is 1. The fourth-order valence-corrected chi connectivity index (χ4v) is 6.17. The van der Waals surface area contributed by atoms with Gasteiger partial charge in [-0.25, -0.2) is 12.7 Å². The molecule has 1 amide bonds. The Bertz CT molecular complexity index is 557. The molecule has 1 aliphatic carbocycles. The van der Waals surface area contributed by atoms with Crippen molar-refractivity contribution in [3.05, 3.63) is 0 Å². The van der Waals surface area contributed by atoms with Crippen LogP contribution >= 0.6 is 0 Å².